The zero-order valence-electron chi connectivity index (χ0n) is 18.4. The van der Waals surface area contributed by atoms with E-state index in [9.17, 15) is 9.59 Å². The van der Waals surface area contributed by atoms with Gasteiger partial charge in [0.25, 0.3) is 11.8 Å². The first-order valence-electron chi connectivity index (χ1n) is 11.3. The Balaban J connectivity index is 1.06. The maximum Gasteiger partial charge on any atom is 0.270 e. The topological polar surface area (TPSA) is 98.0 Å². The highest BCUT2D eigenvalue weighted by Crippen LogP contribution is 2.41. The molecule has 8 nitrogen and oxygen atoms in total. The Labute approximate surface area is 200 Å². The summed E-state index contributed by atoms with van der Waals surface area (Å²) in [6.07, 6.45) is 3.33. The van der Waals surface area contributed by atoms with Gasteiger partial charge in [0.2, 0.25) is 0 Å². The standard InChI is InChI=1S/C25H23ClN6O2/c26-19-5-6-20-18(11-19)12-21(29-20)24(34)31-9-7-25(8-10-31)13-32(14-25)23(33)17-3-1-16(2-4-17)22-27-15-28-30-22/h1-6,11-12,15,29H,7-10,13-14H2,(H,27,28,30). The van der Waals surface area contributed by atoms with E-state index in [1.54, 1.807) is 0 Å². The van der Waals surface area contributed by atoms with Crippen LogP contribution in [0.25, 0.3) is 22.3 Å². The van der Waals surface area contributed by atoms with E-state index in [1.165, 1.54) is 6.33 Å². The van der Waals surface area contributed by atoms with Crippen LogP contribution in [-0.4, -0.2) is 68.0 Å². The van der Waals surface area contributed by atoms with Crippen molar-refractivity contribution in [2.24, 2.45) is 5.41 Å². The molecule has 2 N–H and O–H groups in total. The second kappa shape index (κ2) is 7.99. The highest BCUT2D eigenvalue weighted by molar-refractivity contribution is 6.31. The Morgan fingerprint density at radius 1 is 0.941 bits per heavy atom. The lowest BCUT2D eigenvalue weighted by molar-refractivity contribution is -0.0288. The number of carbonyl (C=O) groups excluding carboxylic acids is 2. The fourth-order valence-electron chi connectivity index (χ4n) is 5.10. The SMILES string of the molecule is O=C(c1ccc(-c2nnc[nH]2)cc1)N1CC2(CCN(C(=O)c3cc4cc(Cl)ccc4[nH]3)CC2)C1. The summed E-state index contributed by atoms with van der Waals surface area (Å²) in [7, 11) is 0. The number of aromatic nitrogens is 4. The lowest BCUT2D eigenvalue weighted by Crippen LogP contribution is -2.62. The monoisotopic (exact) mass is 474 g/mol. The second-order valence-corrected chi connectivity index (χ2v) is 9.72. The summed E-state index contributed by atoms with van der Waals surface area (Å²) >= 11 is 6.07. The van der Waals surface area contributed by atoms with E-state index in [-0.39, 0.29) is 17.2 Å². The number of hydrogen-bond donors (Lipinski definition) is 2. The Morgan fingerprint density at radius 3 is 2.41 bits per heavy atom. The number of benzene rings is 2. The Bertz CT molecular complexity index is 1360. The van der Waals surface area contributed by atoms with Crippen molar-refractivity contribution in [3.63, 3.8) is 0 Å². The van der Waals surface area contributed by atoms with Crippen LogP contribution in [0.15, 0.2) is 54.9 Å². The van der Waals surface area contributed by atoms with E-state index in [4.69, 9.17) is 11.6 Å². The summed E-state index contributed by atoms with van der Waals surface area (Å²) < 4.78 is 0. The number of rotatable bonds is 3. The molecule has 0 unspecified atom stereocenters. The molecule has 0 atom stereocenters. The molecule has 4 aromatic rings. The van der Waals surface area contributed by atoms with Crippen LogP contribution >= 0.6 is 11.6 Å². The van der Waals surface area contributed by atoms with Gasteiger partial charge in [-0.1, -0.05) is 23.7 Å². The van der Waals surface area contributed by atoms with Crippen molar-refractivity contribution in [1.29, 1.82) is 0 Å². The maximum absolute atomic E-state index is 13.0. The average molecular weight is 475 g/mol. The lowest BCUT2D eigenvalue weighted by Gasteiger charge is -2.54. The molecule has 172 valence electrons. The average Bonchev–Trinajstić information content (AvgIpc) is 3.52. The number of fused-ring (bicyclic) bond motifs is 1. The van der Waals surface area contributed by atoms with Crippen molar-refractivity contribution >= 4 is 34.3 Å². The van der Waals surface area contributed by atoms with Gasteiger partial charge in [-0.2, -0.15) is 0 Å². The molecule has 1 spiro atoms. The van der Waals surface area contributed by atoms with E-state index in [0.717, 1.165) is 42.4 Å². The molecule has 2 aliphatic rings. The molecule has 0 aliphatic carbocycles. The van der Waals surface area contributed by atoms with Gasteiger partial charge in [0.1, 0.15) is 12.0 Å². The molecule has 2 amide bonds. The lowest BCUT2D eigenvalue weighted by atomic mass is 9.71. The minimum absolute atomic E-state index is 0.0151. The molecule has 0 bridgehead atoms. The first-order valence-corrected chi connectivity index (χ1v) is 11.7. The molecule has 4 heterocycles. The molecule has 2 aliphatic heterocycles. The molecule has 0 saturated carbocycles. The van der Waals surface area contributed by atoms with Gasteiger partial charge in [-0.3, -0.25) is 9.59 Å². The number of piperidine rings is 1. The van der Waals surface area contributed by atoms with Crippen LogP contribution in [0.1, 0.15) is 33.7 Å². The molecule has 2 aromatic carbocycles. The minimum Gasteiger partial charge on any atom is -0.351 e. The number of likely N-dealkylation sites (tertiary alicyclic amines) is 2. The number of hydrogen-bond acceptors (Lipinski definition) is 4. The molecular weight excluding hydrogens is 452 g/mol. The van der Waals surface area contributed by atoms with Crippen LogP contribution in [0.5, 0.6) is 0 Å². The Morgan fingerprint density at radius 2 is 1.71 bits per heavy atom. The van der Waals surface area contributed by atoms with Gasteiger partial charge in [-0.05, 0) is 49.2 Å². The molecule has 2 saturated heterocycles. The number of carbonyl (C=O) groups is 2. The fraction of sp³-hybridized carbons (Fsp3) is 0.280. The maximum atomic E-state index is 13.0. The van der Waals surface area contributed by atoms with E-state index in [2.05, 4.69) is 20.2 Å². The first kappa shape index (κ1) is 20.9. The summed E-state index contributed by atoms with van der Waals surface area (Å²) in [5.41, 5.74) is 3.17. The minimum atomic E-state index is 0.0151. The molecular formula is C25H23ClN6O2. The first-order chi connectivity index (χ1) is 16.5. The quantitative estimate of drug-likeness (QED) is 0.469. The number of nitrogens with zero attached hydrogens (tertiary/aromatic N) is 4. The second-order valence-electron chi connectivity index (χ2n) is 9.28. The molecule has 34 heavy (non-hydrogen) atoms. The third-order valence-electron chi connectivity index (χ3n) is 7.09. The van der Waals surface area contributed by atoms with Gasteiger partial charge in [0, 0.05) is 58.6 Å². The number of H-pyrrole nitrogens is 2. The Hall–Kier alpha value is -3.65. The smallest absolute Gasteiger partial charge is 0.270 e. The van der Waals surface area contributed by atoms with Crippen LogP contribution in [0.4, 0.5) is 0 Å². The molecule has 0 radical (unpaired) electrons. The van der Waals surface area contributed by atoms with Crippen LogP contribution in [0.2, 0.25) is 5.02 Å². The van der Waals surface area contributed by atoms with E-state index in [0.29, 0.717) is 35.2 Å². The Kier molecular flexibility index (Phi) is 4.91. The predicted octanol–water partition coefficient (Wildman–Crippen LogP) is 3.98. The molecule has 2 fully saturated rings. The summed E-state index contributed by atoms with van der Waals surface area (Å²) in [6, 6.07) is 14.9. The number of nitrogens with one attached hydrogen (secondary N) is 2. The van der Waals surface area contributed by atoms with Crippen LogP contribution in [0.3, 0.4) is 0 Å². The third kappa shape index (κ3) is 3.64. The summed E-state index contributed by atoms with van der Waals surface area (Å²) in [5, 5.41) is 9.38. The van der Waals surface area contributed by atoms with Gasteiger partial charge >= 0.3 is 0 Å². The van der Waals surface area contributed by atoms with Crippen molar-refractivity contribution in [2.75, 3.05) is 26.2 Å². The van der Waals surface area contributed by atoms with Crippen LogP contribution in [-0.2, 0) is 0 Å². The summed E-state index contributed by atoms with van der Waals surface area (Å²) in [6.45, 7) is 2.87. The van der Waals surface area contributed by atoms with Crippen molar-refractivity contribution in [3.05, 3.63) is 71.1 Å². The number of halogens is 1. The molecule has 2 aromatic heterocycles. The number of amides is 2. The normalized spacial score (nSPS) is 17.2. The third-order valence-corrected chi connectivity index (χ3v) is 7.32. The van der Waals surface area contributed by atoms with Crippen molar-refractivity contribution in [1.82, 2.24) is 30.0 Å². The zero-order chi connectivity index (χ0) is 23.3. The number of aromatic amines is 2. The highest BCUT2D eigenvalue weighted by Gasteiger charge is 2.47. The van der Waals surface area contributed by atoms with Crippen molar-refractivity contribution in [3.8, 4) is 11.4 Å². The van der Waals surface area contributed by atoms with Gasteiger partial charge in [-0.15, -0.1) is 10.2 Å². The van der Waals surface area contributed by atoms with Crippen LogP contribution < -0.4 is 0 Å². The highest BCUT2D eigenvalue weighted by atomic mass is 35.5. The van der Waals surface area contributed by atoms with Crippen LogP contribution in [0, 0.1) is 5.41 Å². The molecule has 6 rings (SSSR count). The molecule has 9 heteroatoms. The zero-order valence-corrected chi connectivity index (χ0v) is 19.2. The fourth-order valence-corrected chi connectivity index (χ4v) is 5.28. The van der Waals surface area contributed by atoms with Gasteiger partial charge in [-0.25, -0.2) is 0 Å². The van der Waals surface area contributed by atoms with E-state index < -0.39 is 0 Å². The predicted molar refractivity (Wildman–Crippen MR) is 129 cm³/mol. The largest absolute Gasteiger partial charge is 0.351 e. The summed E-state index contributed by atoms with van der Waals surface area (Å²) in [4.78, 5) is 35.9. The van der Waals surface area contributed by atoms with Crippen molar-refractivity contribution < 1.29 is 9.59 Å². The van der Waals surface area contributed by atoms with Gasteiger partial charge in [0.15, 0.2) is 5.82 Å². The van der Waals surface area contributed by atoms with E-state index >= 15 is 0 Å². The van der Waals surface area contributed by atoms with Crippen molar-refractivity contribution in [2.45, 2.75) is 12.8 Å². The summed E-state index contributed by atoms with van der Waals surface area (Å²) in [5.74, 6) is 0.741. The van der Waals surface area contributed by atoms with E-state index in [1.807, 2.05) is 58.3 Å². The van der Waals surface area contributed by atoms with Gasteiger partial charge in [0.05, 0.1) is 0 Å². The van der Waals surface area contributed by atoms with Gasteiger partial charge < -0.3 is 19.8 Å².